The van der Waals surface area contributed by atoms with Crippen LogP contribution in [0.1, 0.15) is 0 Å². The second-order valence-corrected chi connectivity index (χ2v) is 7.92. The van der Waals surface area contributed by atoms with E-state index in [9.17, 15) is 4.39 Å². The summed E-state index contributed by atoms with van der Waals surface area (Å²) in [5, 5.41) is 10.9. The van der Waals surface area contributed by atoms with Crippen molar-refractivity contribution >= 4 is 65.6 Å². The largest absolute Gasteiger partial charge is 0.383 e. The second kappa shape index (κ2) is 7.22. The molecule has 0 saturated carbocycles. The molecule has 29 heavy (non-hydrogen) atoms. The number of thiophene rings is 1. The van der Waals surface area contributed by atoms with Crippen LogP contribution in [0.4, 0.5) is 15.9 Å². The fraction of sp³-hybridized carbons (Fsp3) is 0.150. The summed E-state index contributed by atoms with van der Waals surface area (Å²) >= 11 is 7.51. The summed E-state index contributed by atoms with van der Waals surface area (Å²) in [7, 11) is 1.68. The number of aromatic nitrogens is 4. The molecule has 0 aliphatic heterocycles. The molecule has 0 amide bonds. The molecule has 6 nitrogen and oxygen atoms in total. The van der Waals surface area contributed by atoms with Gasteiger partial charge in [-0.25, -0.2) is 14.4 Å². The van der Waals surface area contributed by atoms with E-state index in [2.05, 4.69) is 20.4 Å². The summed E-state index contributed by atoms with van der Waals surface area (Å²) in [5.41, 5.74) is 1.58. The fourth-order valence-electron chi connectivity index (χ4n) is 3.32. The molecule has 0 spiro atoms. The summed E-state index contributed by atoms with van der Waals surface area (Å²) in [6.45, 7) is 1.29. The molecule has 5 aromatic rings. The Labute approximate surface area is 173 Å². The molecule has 0 fully saturated rings. The van der Waals surface area contributed by atoms with Gasteiger partial charge in [-0.05, 0) is 24.3 Å². The van der Waals surface area contributed by atoms with Crippen molar-refractivity contribution in [3.8, 4) is 0 Å². The van der Waals surface area contributed by atoms with Gasteiger partial charge in [0.15, 0.2) is 0 Å². The standard InChI is InChI=1S/C20H15ClFN5OS/c1-28-7-6-27-9-13-16(26-27)5-3-12-17-19(23-10-24-20(17)29-18(12)13)25-11-2-4-15(22)14(21)8-11/h2-5,8-10H,6-7H2,1H3,(H,23,24,25). The monoisotopic (exact) mass is 427 g/mol. The maximum Gasteiger partial charge on any atom is 0.143 e. The van der Waals surface area contributed by atoms with E-state index in [1.807, 2.05) is 23.0 Å². The van der Waals surface area contributed by atoms with Gasteiger partial charge < -0.3 is 10.1 Å². The van der Waals surface area contributed by atoms with Crippen LogP contribution in [-0.2, 0) is 11.3 Å². The zero-order valence-corrected chi connectivity index (χ0v) is 16.9. The molecular weight excluding hydrogens is 413 g/mol. The minimum Gasteiger partial charge on any atom is -0.383 e. The summed E-state index contributed by atoms with van der Waals surface area (Å²) in [5.74, 6) is 0.189. The lowest BCUT2D eigenvalue weighted by molar-refractivity contribution is 0.184. The maximum atomic E-state index is 13.5. The van der Waals surface area contributed by atoms with E-state index in [-0.39, 0.29) is 5.02 Å². The molecule has 2 aromatic carbocycles. The zero-order chi connectivity index (χ0) is 20.0. The quantitative estimate of drug-likeness (QED) is 0.408. The lowest BCUT2D eigenvalue weighted by Crippen LogP contribution is -2.03. The van der Waals surface area contributed by atoms with Crippen molar-refractivity contribution in [1.82, 2.24) is 19.7 Å². The van der Waals surface area contributed by atoms with Crippen LogP contribution in [-0.4, -0.2) is 33.5 Å². The molecule has 0 aliphatic rings. The van der Waals surface area contributed by atoms with E-state index in [0.717, 1.165) is 31.2 Å². The van der Waals surface area contributed by atoms with Crippen LogP contribution < -0.4 is 5.32 Å². The van der Waals surface area contributed by atoms with Gasteiger partial charge in [0.2, 0.25) is 0 Å². The third-order valence-corrected chi connectivity index (χ3v) is 6.11. The Hall–Kier alpha value is -2.81. The second-order valence-electron chi connectivity index (χ2n) is 6.52. The van der Waals surface area contributed by atoms with Gasteiger partial charge in [0, 0.05) is 34.5 Å². The lowest BCUT2D eigenvalue weighted by Gasteiger charge is -2.07. The van der Waals surface area contributed by atoms with Gasteiger partial charge in [0.25, 0.3) is 0 Å². The lowest BCUT2D eigenvalue weighted by atomic mass is 10.1. The predicted molar refractivity (Wildman–Crippen MR) is 115 cm³/mol. The average molecular weight is 428 g/mol. The van der Waals surface area contributed by atoms with Crippen LogP contribution in [0.2, 0.25) is 5.02 Å². The van der Waals surface area contributed by atoms with Gasteiger partial charge in [-0.2, -0.15) is 5.10 Å². The van der Waals surface area contributed by atoms with Crippen LogP contribution in [0.15, 0.2) is 42.9 Å². The molecule has 0 aliphatic carbocycles. The number of benzene rings is 2. The van der Waals surface area contributed by atoms with Gasteiger partial charge in [-0.1, -0.05) is 17.7 Å². The van der Waals surface area contributed by atoms with Gasteiger partial charge in [-0.15, -0.1) is 11.3 Å². The number of methoxy groups -OCH3 is 1. The first-order valence-electron chi connectivity index (χ1n) is 8.88. The Bertz CT molecular complexity index is 1370. The number of ether oxygens (including phenoxy) is 1. The molecular formula is C20H15ClFN5OS. The first-order chi connectivity index (χ1) is 14.1. The molecule has 146 valence electrons. The van der Waals surface area contributed by atoms with Crippen molar-refractivity contribution in [3.05, 3.63) is 53.7 Å². The normalized spacial score (nSPS) is 11.7. The van der Waals surface area contributed by atoms with E-state index < -0.39 is 5.82 Å². The minimum atomic E-state index is -0.459. The van der Waals surface area contributed by atoms with E-state index in [1.165, 1.54) is 18.5 Å². The van der Waals surface area contributed by atoms with Crippen LogP contribution in [0, 0.1) is 5.82 Å². The highest BCUT2D eigenvalue weighted by Gasteiger charge is 2.16. The third-order valence-electron chi connectivity index (χ3n) is 4.67. The van der Waals surface area contributed by atoms with Gasteiger partial charge >= 0.3 is 0 Å². The molecule has 3 heterocycles. The van der Waals surface area contributed by atoms with Crippen LogP contribution >= 0.6 is 22.9 Å². The van der Waals surface area contributed by atoms with E-state index >= 15 is 0 Å². The molecule has 3 aromatic heterocycles. The molecule has 0 radical (unpaired) electrons. The Morgan fingerprint density at radius 3 is 2.93 bits per heavy atom. The van der Waals surface area contributed by atoms with Crippen LogP contribution in [0.25, 0.3) is 31.2 Å². The summed E-state index contributed by atoms with van der Waals surface area (Å²) < 4.78 is 21.6. The van der Waals surface area contributed by atoms with Gasteiger partial charge in [0.1, 0.15) is 22.8 Å². The van der Waals surface area contributed by atoms with Crippen molar-refractivity contribution in [2.24, 2.45) is 0 Å². The first-order valence-corrected chi connectivity index (χ1v) is 10.1. The van der Waals surface area contributed by atoms with Crippen molar-refractivity contribution < 1.29 is 9.13 Å². The molecule has 0 unspecified atom stereocenters. The molecule has 0 saturated heterocycles. The maximum absolute atomic E-state index is 13.5. The van der Waals surface area contributed by atoms with Crippen molar-refractivity contribution in [3.63, 3.8) is 0 Å². The zero-order valence-electron chi connectivity index (χ0n) is 15.3. The van der Waals surface area contributed by atoms with Crippen molar-refractivity contribution in [1.29, 1.82) is 0 Å². The Morgan fingerprint density at radius 1 is 1.21 bits per heavy atom. The number of nitrogens with zero attached hydrogens (tertiary/aromatic N) is 4. The summed E-state index contributed by atoms with van der Waals surface area (Å²) in [6, 6.07) is 8.53. The number of hydrogen-bond acceptors (Lipinski definition) is 6. The van der Waals surface area contributed by atoms with Crippen molar-refractivity contribution in [2.45, 2.75) is 6.54 Å². The van der Waals surface area contributed by atoms with E-state index in [4.69, 9.17) is 16.3 Å². The molecule has 9 heteroatoms. The van der Waals surface area contributed by atoms with Crippen LogP contribution in [0.5, 0.6) is 0 Å². The van der Waals surface area contributed by atoms with Crippen molar-refractivity contribution in [2.75, 3.05) is 19.0 Å². The number of hydrogen-bond donors (Lipinski definition) is 1. The van der Waals surface area contributed by atoms with Gasteiger partial charge in [-0.3, -0.25) is 4.68 Å². The molecule has 0 atom stereocenters. The fourth-order valence-corrected chi connectivity index (χ4v) is 4.64. The number of anilines is 2. The Kier molecular flexibility index (Phi) is 4.54. The van der Waals surface area contributed by atoms with Crippen LogP contribution in [0.3, 0.4) is 0 Å². The van der Waals surface area contributed by atoms with E-state index in [0.29, 0.717) is 24.7 Å². The highest BCUT2D eigenvalue weighted by molar-refractivity contribution is 7.26. The van der Waals surface area contributed by atoms with E-state index in [1.54, 1.807) is 24.5 Å². The SMILES string of the molecule is COCCn1cc2c(ccc3c2sc2ncnc(Nc4ccc(F)c(Cl)c4)c23)n1. The highest BCUT2D eigenvalue weighted by atomic mass is 35.5. The summed E-state index contributed by atoms with van der Waals surface area (Å²) in [6.07, 6.45) is 3.55. The molecule has 0 bridgehead atoms. The number of nitrogens with one attached hydrogen (secondary N) is 1. The average Bonchev–Trinajstić information content (AvgIpc) is 3.30. The highest BCUT2D eigenvalue weighted by Crippen LogP contribution is 2.40. The Morgan fingerprint density at radius 2 is 2.10 bits per heavy atom. The smallest absolute Gasteiger partial charge is 0.143 e. The Balaban J connectivity index is 1.65. The number of rotatable bonds is 5. The minimum absolute atomic E-state index is 0.0562. The predicted octanol–water partition coefficient (Wildman–Crippen LogP) is 5.38. The molecule has 5 rings (SSSR count). The number of fused-ring (bicyclic) bond motifs is 5. The summed E-state index contributed by atoms with van der Waals surface area (Å²) in [4.78, 5) is 9.73. The number of halogens is 2. The first kappa shape index (κ1) is 18.2. The third kappa shape index (κ3) is 3.19. The molecule has 1 N–H and O–H groups in total. The topological polar surface area (TPSA) is 64.9 Å². The van der Waals surface area contributed by atoms with Gasteiger partial charge in [0.05, 0.1) is 29.1 Å².